The van der Waals surface area contributed by atoms with Crippen molar-refractivity contribution < 1.29 is 18.8 Å². The third kappa shape index (κ3) is 3.78. The summed E-state index contributed by atoms with van der Waals surface area (Å²) in [5.41, 5.74) is 0.829. The molecule has 0 N–H and O–H groups in total. The van der Waals surface area contributed by atoms with Gasteiger partial charge in [-0.3, -0.25) is 0 Å². The van der Waals surface area contributed by atoms with Crippen molar-refractivity contribution >= 4 is 13.1 Å². The second-order valence-corrected chi connectivity index (χ2v) is 6.57. The van der Waals surface area contributed by atoms with Crippen molar-refractivity contribution in [1.29, 1.82) is 0 Å². The fourth-order valence-corrected chi connectivity index (χ4v) is 2.05. The molecule has 22 heavy (non-hydrogen) atoms. The van der Waals surface area contributed by atoms with E-state index in [1.54, 1.807) is 0 Å². The molecule has 1 aliphatic rings. The highest BCUT2D eigenvalue weighted by atomic mass is 16.7. The zero-order valence-electron chi connectivity index (χ0n) is 13.9. The Morgan fingerprint density at radius 3 is 2.23 bits per heavy atom. The molecule has 2 rings (SSSR count). The Hall–Kier alpha value is -1.59. The molecule has 1 aliphatic heterocycles. The van der Waals surface area contributed by atoms with Crippen LogP contribution in [0.1, 0.15) is 40.2 Å². The van der Waals surface area contributed by atoms with Crippen LogP contribution < -0.4 is 0 Å². The summed E-state index contributed by atoms with van der Waals surface area (Å²) in [5.74, 6) is -0.393. The summed E-state index contributed by atoms with van der Waals surface area (Å²) in [6.45, 7) is 9.99. The number of benzene rings is 1. The first-order chi connectivity index (χ1) is 10.2. The highest BCUT2D eigenvalue weighted by molar-refractivity contribution is 6.54. The Balaban J connectivity index is 1.93. The van der Waals surface area contributed by atoms with Crippen molar-refractivity contribution in [2.45, 2.75) is 52.4 Å². The van der Waals surface area contributed by atoms with Crippen LogP contribution in [0.4, 0.5) is 0 Å². The molecule has 0 radical (unpaired) electrons. The minimum Gasteiger partial charge on any atom is -0.458 e. The molecular formula is C17H23BO4. The normalized spacial score (nSPS) is 20.0. The summed E-state index contributed by atoms with van der Waals surface area (Å²) in [4.78, 5) is 11.9. The molecule has 118 valence electrons. The molecule has 0 amide bonds. The molecule has 1 fully saturated rings. The maximum absolute atomic E-state index is 11.9. The second kappa shape index (κ2) is 6.27. The highest BCUT2D eigenvalue weighted by Crippen LogP contribution is 2.38. The Morgan fingerprint density at radius 2 is 1.68 bits per heavy atom. The number of hydrogen-bond acceptors (Lipinski definition) is 4. The minimum absolute atomic E-state index is 0.257. The average Bonchev–Trinajstić information content (AvgIpc) is 2.66. The molecule has 1 aromatic rings. The van der Waals surface area contributed by atoms with Gasteiger partial charge < -0.3 is 14.0 Å². The first kappa shape index (κ1) is 16.8. The summed E-state index contributed by atoms with van der Waals surface area (Å²) >= 11 is 0. The number of carbonyl (C=O) groups is 1. The van der Waals surface area contributed by atoms with E-state index < -0.39 is 24.3 Å². The molecule has 0 bridgehead atoms. The van der Waals surface area contributed by atoms with Crippen molar-refractivity contribution in [2.75, 3.05) is 0 Å². The van der Waals surface area contributed by atoms with E-state index >= 15 is 0 Å². The van der Waals surface area contributed by atoms with E-state index in [1.165, 1.54) is 6.08 Å². The standard InChI is InChI=1S/C17H23BO4/c1-13(18-21-16(2,3)17(4,5)22-18)11-15(19)20-12-14-9-7-6-8-10-14/h6-11H,12H2,1-5H3. The van der Waals surface area contributed by atoms with Gasteiger partial charge in [0.05, 0.1) is 11.2 Å². The van der Waals surface area contributed by atoms with Gasteiger partial charge in [0.15, 0.2) is 0 Å². The maximum Gasteiger partial charge on any atom is 0.490 e. The van der Waals surface area contributed by atoms with Gasteiger partial charge in [0, 0.05) is 6.08 Å². The average molecular weight is 302 g/mol. The van der Waals surface area contributed by atoms with Crippen LogP contribution in [0.15, 0.2) is 41.9 Å². The lowest BCUT2D eigenvalue weighted by molar-refractivity contribution is -0.139. The molecule has 1 saturated heterocycles. The molecule has 0 unspecified atom stereocenters. The van der Waals surface area contributed by atoms with Crippen molar-refractivity contribution in [2.24, 2.45) is 0 Å². The molecule has 0 atom stereocenters. The Bertz CT molecular complexity index is 547. The predicted molar refractivity (Wildman–Crippen MR) is 86.1 cm³/mol. The lowest BCUT2D eigenvalue weighted by atomic mass is 9.79. The van der Waals surface area contributed by atoms with E-state index in [-0.39, 0.29) is 6.61 Å². The molecule has 1 heterocycles. The minimum atomic E-state index is -0.519. The topological polar surface area (TPSA) is 44.8 Å². The fourth-order valence-electron chi connectivity index (χ4n) is 2.05. The SMILES string of the molecule is CC(=CC(=O)OCc1ccccc1)B1OC(C)(C)C(C)(C)O1. The number of hydrogen-bond donors (Lipinski definition) is 0. The smallest absolute Gasteiger partial charge is 0.458 e. The van der Waals surface area contributed by atoms with Crippen molar-refractivity contribution in [3.8, 4) is 0 Å². The number of esters is 1. The van der Waals surface area contributed by atoms with Gasteiger partial charge in [0.1, 0.15) is 6.61 Å². The van der Waals surface area contributed by atoms with Crippen molar-refractivity contribution in [3.63, 3.8) is 0 Å². The third-order valence-electron chi connectivity index (χ3n) is 4.19. The first-order valence-corrected chi connectivity index (χ1v) is 7.46. The van der Waals surface area contributed by atoms with E-state index in [1.807, 2.05) is 65.0 Å². The van der Waals surface area contributed by atoms with Gasteiger partial charge in [0.25, 0.3) is 0 Å². The van der Waals surface area contributed by atoms with Crippen molar-refractivity contribution in [1.82, 2.24) is 0 Å². The van der Waals surface area contributed by atoms with Gasteiger partial charge in [0.2, 0.25) is 0 Å². The second-order valence-electron chi connectivity index (χ2n) is 6.57. The molecule has 0 spiro atoms. The molecule has 0 aromatic heterocycles. The molecule has 5 heteroatoms. The van der Waals surface area contributed by atoms with Crippen LogP contribution in [0.5, 0.6) is 0 Å². The van der Waals surface area contributed by atoms with E-state index in [9.17, 15) is 4.79 Å². The van der Waals surface area contributed by atoms with Gasteiger partial charge in [-0.1, -0.05) is 30.3 Å². The maximum atomic E-state index is 11.9. The first-order valence-electron chi connectivity index (χ1n) is 7.46. The lowest BCUT2D eigenvalue weighted by Crippen LogP contribution is -2.41. The zero-order valence-corrected chi connectivity index (χ0v) is 13.9. The van der Waals surface area contributed by atoms with E-state index in [0.717, 1.165) is 5.56 Å². The van der Waals surface area contributed by atoms with Gasteiger partial charge in [-0.2, -0.15) is 0 Å². The van der Waals surface area contributed by atoms with Crippen molar-refractivity contribution in [3.05, 3.63) is 47.4 Å². The Morgan fingerprint density at radius 1 is 1.14 bits per heavy atom. The summed E-state index contributed by atoms with van der Waals surface area (Å²) < 4.78 is 17.0. The monoisotopic (exact) mass is 302 g/mol. The van der Waals surface area contributed by atoms with Gasteiger partial charge in [-0.15, -0.1) is 0 Å². The van der Waals surface area contributed by atoms with E-state index in [4.69, 9.17) is 14.0 Å². The quantitative estimate of drug-likeness (QED) is 0.486. The van der Waals surface area contributed by atoms with Gasteiger partial charge in [-0.05, 0) is 45.7 Å². The van der Waals surface area contributed by atoms with Crippen LogP contribution in [0.2, 0.25) is 0 Å². The summed E-state index contributed by atoms with van der Waals surface area (Å²) in [6, 6.07) is 9.58. The number of rotatable bonds is 4. The number of ether oxygens (including phenoxy) is 1. The molecule has 0 saturated carbocycles. The van der Waals surface area contributed by atoms with Crippen LogP contribution in [-0.2, 0) is 25.4 Å². The van der Waals surface area contributed by atoms with E-state index in [2.05, 4.69) is 0 Å². The largest absolute Gasteiger partial charge is 0.490 e. The lowest BCUT2D eigenvalue weighted by Gasteiger charge is -2.32. The third-order valence-corrected chi connectivity index (χ3v) is 4.19. The number of allylic oxidation sites excluding steroid dienone is 1. The summed E-state index contributed by atoms with van der Waals surface area (Å²) in [7, 11) is -0.519. The van der Waals surface area contributed by atoms with Crippen LogP contribution in [-0.4, -0.2) is 24.3 Å². The molecular weight excluding hydrogens is 279 g/mol. The van der Waals surface area contributed by atoms with Crippen LogP contribution in [0.3, 0.4) is 0 Å². The van der Waals surface area contributed by atoms with Crippen LogP contribution >= 0.6 is 0 Å². The highest BCUT2D eigenvalue weighted by Gasteiger charge is 2.51. The zero-order chi connectivity index (χ0) is 16.4. The van der Waals surface area contributed by atoms with Crippen LogP contribution in [0.25, 0.3) is 0 Å². The molecule has 1 aromatic carbocycles. The van der Waals surface area contributed by atoms with Crippen LogP contribution in [0, 0.1) is 0 Å². The summed E-state index contributed by atoms with van der Waals surface area (Å²) in [5, 5.41) is 0. The van der Waals surface area contributed by atoms with Gasteiger partial charge >= 0.3 is 13.1 Å². The number of carbonyl (C=O) groups excluding carboxylic acids is 1. The van der Waals surface area contributed by atoms with Gasteiger partial charge in [-0.25, -0.2) is 4.79 Å². The molecule has 0 aliphatic carbocycles. The summed E-state index contributed by atoms with van der Waals surface area (Å²) in [6.07, 6.45) is 1.44. The molecule has 4 nitrogen and oxygen atoms in total. The Labute approximate surface area is 132 Å². The predicted octanol–water partition coefficient (Wildman–Crippen LogP) is 3.31. The van der Waals surface area contributed by atoms with E-state index in [0.29, 0.717) is 5.47 Å². The fraction of sp³-hybridized carbons (Fsp3) is 0.471. The Kier molecular flexibility index (Phi) is 4.78.